The van der Waals surface area contributed by atoms with Crippen molar-refractivity contribution in [1.82, 2.24) is 5.32 Å². The third kappa shape index (κ3) is 6.08. The number of hydrogen-bond donors (Lipinski definition) is 2. The molecule has 0 aliphatic rings. The van der Waals surface area contributed by atoms with E-state index < -0.39 is 0 Å². The molecule has 0 radical (unpaired) electrons. The smallest absolute Gasteiger partial charge is 0.123 e. The normalized spacial score (nSPS) is 15.0. The van der Waals surface area contributed by atoms with Crippen LogP contribution in [0.3, 0.4) is 0 Å². The zero-order chi connectivity index (χ0) is 22.9. The molecule has 2 nitrogen and oxygen atoms in total. The van der Waals surface area contributed by atoms with Gasteiger partial charge in [-0.3, -0.25) is 0 Å². The van der Waals surface area contributed by atoms with Crippen molar-refractivity contribution in [3.05, 3.63) is 58.1 Å². The number of hydrogen-bond acceptors (Lipinski definition) is 2. The van der Waals surface area contributed by atoms with Gasteiger partial charge in [-0.2, -0.15) is 0 Å². The quantitative estimate of drug-likeness (QED) is 0.496. The molecule has 0 aliphatic heterocycles. The summed E-state index contributed by atoms with van der Waals surface area (Å²) in [7, 11) is 0.587. The molecule has 3 heteroatoms. The molecule has 0 aliphatic carbocycles. The number of aromatic hydroxyl groups is 1. The second-order valence-electron chi connectivity index (χ2n) is 11.0. The van der Waals surface area contributed by atoms with Crippen LogP contribution in [-0.4, -0.2) is 10.6 Å². The summed E-state index contributed by atoms with van der Waals surface area (Å²) in [6.07, 6.45) is 0.978. The third-order valence-electron chi connectivity index (χ3n) is 5.84. The molecule has 0 heterocycles. The van der Waals surface area contributed by atoms with E-state index in [0.717, 1.165) is 24.1 Å². The molecule has 2 unspecified atom stereocenters. The highest BCUT2D eigenvalue weighted by Gasteiger charge is 2.32. The highest BCUT2D eigenvalue weighted by molar-refractivity contribution is 7.48. The van der Waals surface area contributed by atoms with E-state index in [9.17, 15) is 5.11 Å². The number of rotatable bonds is 6. The van der Waals surface area contributed by atoms with Gasteiger partial charge in [-0.25, -0.2) is 0 Å². The van der Waals surface area contributed by atoms with Crippen molar-refractivity contribution in [3.63, 3.8) is 0 Å². The number of phenolic OH excluding ortho intramolecular Hbond substituents is 1. The predicted octanol–water partition coefficient (Wildman–Crippen LogP) is 6.82. The van der Waals surface area contributed by atoms with Crippen molar-refractivity contribution in [2.45, 2.75) is 98.3 Å². The molecule has 2 N–H and O–H groups in total. The van der Waals surface area contributed by atoms with E-state index in [2.05, 4.69) is 105 Å². The molecular weight excluding hydrogens is 385 g/mol. The van der Waals surface area contributed by atoms with E-state index in [4.69, 9.17) is 0 Å². The van der Waals surface area contributed by atoms with E-state index in [0.29, 0.717) is 14.3 Å². The maximum absolute atomic E-state index is 11.3. The summed E-state index contributed by atoms with van der Waals surface area (Å²) in [6.45, 7) is 22.9. The van der Waals surface area contributed by atoms with Crippen LogP contribution in [0.15, 0.2) is 30.3 Å². The van der Waals surface area contributed by atoms with Crippen molar-refractivity contribution in [2.24, 2.45) is 0 Å². The molecule has 2 aromatic rings. The lowest BCUT2D eigenvalue weighted by Gasteiger charge is -2.34. The van der Waals surface area contributed by atoms with E-state index in [1.54, 1.807) is 0 Å². The topological polar surface area (TPSA) is 32.3 Å². The Hall–Kier alpha value is -1.37. The SMILES string of the molecule is CCC(C)(Pc1ccc(C)cc1CNC(C)(C)C)c1cc(C)cc(C(C)(C)C)c1O. The standard InChI is InChI=1S/C27H42NOP/c1-11-27(10,22-16-19(3)15-21(24(22)29)25(4,5)6)30-23-13-12-18(2)14-20(23)17-28-26(7,8)9/h12-16,28-30H,11,17H2,1-10H3. The van der Waals surface area contributed by atoms with Crippen molar-refractivity contribution < 1.29 is 5.11 Å². The number of phenols is 1. The largest absolute Gasteiger partial charge is 0.507 e. The molecule has 166 valence electrons. The van der Waals surface area contributed by atoms with Crippen molar-refractivity contribution in [2.75, 3.05) is 0 Å². The monoisotopic (exact) mass is 427 g/mol. The zero-order valence-electron chi connectivity index (χ0n) is 20.7. The summed E-state index contributed by atoms with van der Waals surface area (Å²) in [5, 5.41) is 16.2. The fraction of sp³-hybridized carbons (Fsp3) is 0.556. The van der Waals surface area contributed by atoms with Crippen LogP contribution >= 0.6 is 8.58 Å². The van der Waals surface area contributed by atoms with Crippen LogP contribution in [0.4, 0.5) is 0 Å². The van der Waals surface area contributed by atoms with Crippen molar-refractivity contribution in [3.8, 4) is 5.75 Å². The van der Waals surface area contributed by atoms with Gasteiger partial charge in [0.05, 0.1) is 0 Å². The van der Waals surface area contributed by atoms with Gasteiger partial charge in [0.15, 0.2) is 0 Å². The molecular formula is C27H42NOP. The molecule has 2 atom stereocenters. The van der Waals surface area contributed by atoms with Gasteiger partial charge < -0.3 is 10.4 Å². The van der Waals surface area contributed by atoms with E-state index in [1.807, 2.05) is 0 Å². The molecule has 30 heavy (non-hydrogen) atoms. The molecule has 0 amide bonds. The summed E-state index contributed by atoms with van der Waals surface area (Å²) < 4.78 is 0. The highest BCUT2D eigenvalue weighted by atomic mass is 31.1. The lowest BCUT2D eigenvalue weighted by Crippen LogP contribution is -2.36. The van der Waals surface area contributed by atoms with Gasteiger partial charge in [-0.05, 0) is 62.9 Å². The first kappa shape index (κ1) is 24.9. The molecule has 0 spiro atoms. The molecule has 0 aromatic heterocycles. The van der Waals surface area contributed by atoms with Gasteiger partial charge >= 0.3 is 0 Å². The van der Waals surface area contributed by atoms with Gasteiger partial charge in [0, 0.05) is 22.8 Å². The number of nitrogens with one attached hydrogen (secondary N) is 1. The molecule has 0 saturated heterocycles. The third-order valence-corrected chi connectivity index (χ3v) is 7.78. The van der Waals surface area contributed by atoms with Crippen LogP contribution in [0.1, 0.15) is 89.6 Å². The average Bonchev–Trinajstić information content (AvgIpc) is 2.61. The highest BCUT2D eigenvalue weighted by Crippen LogP contribution is 2.50. The maximum atomic E-state index is 11.3. The lowest BCUT2D eigenvalue weighted by atomic mass is 9.82. The average molecular weight is 428 g/mol. The molecule has 0 fully saturated rings. The Kier molecular flexibility index (Phi) is 7.48. The lowest BCUT2D eigenvalue weighted by molar-refractivity contribution is 0.425. The molecule has 2 rings (SSSR count). The second kappa shape index (κ2) is 9.01. The number of benzene rings is 2. The van der Waals surface area contributed by atoms with Crippen LogP contribution < -0.4 is 10.6 Å². The summed E-state index contributed by atoms with van der Waals surface area (Å²) in [5.74, 6) is 0.478. The van der Waals surface area contributed by atoms with Gasteiger partial charge in [0.2, 0.25) is 0 Å². The summed E-state index contributed by atoms with van der Waals surface area (Å²) in [4.78, 5) is 0. The van der Waals surface area contributed by atoms with Gasteiger partial charge in [-0.15, -0.1) is 0 Å². The van der Waals surface area contributed by atoms with Crippen LogP contribution in [0.5, 0.6) is 5.75 Å². The van der Waals surface area contributed by atoms with Gasteiger partial charge in [0.25, 0.3) is 0 Å². The fourth-order valence-electron chi connectivity index (χ4n) is 3.77. The van der Waals surface area contributed by atoms with Gasteiger partial charge in [0.1, 0.15) is 5.75 Å². The summed E-state index contributed by atoms with van der Waals surface area (Å²) >= 11 is 0. The summed E-state index contributed by atoms with van der Waals surface area (Å²) in [5.41, 5.74) is 6.00. The first-order valence-electron chi connectivity index (χ1n) is 11.1. The first-order chi connectivity index (χ1) is 13.7. The van der Waals surface area contributed by atoms with Crippen LogP contribution in [0.2, 0.25) is 0 Å². The first-order valence-corrected chi connectivity index (χ1v) is 12.1. The predicted molar refractivity (Wildman–Crippen MR) is 135 cm³/mol. The van der Waals surface area contributed by atoms with Crippen LogP contribution in [0.25, 0.3) is 0 Å². The minimum absolute atomic E-state index is 0.0780. The molecule has 0 saturated carbocycles. The van der Waals surface area contributed by atoms with E-state index in [1.165, 1.54) is 22.0 Å². The fourth-order valence-corrected chi connectivity index (χ4v) is 5.35. The Morgan fingerprint density at radius 3 is 2.00 bits per heavy atom. The van der Waals surface area contributed by atoms with E-state index >= 15 is 0 Å². The zero-order valence-corrected chi connectivity index (χ0v) is 21.7. The van der Waals surface area contributed by atoms with Crippen molar-refractivity contribution in [1.29, 1.82) is 0 Å². The Bertz CT molecular complexity index is 889. The van der Waals surface area contributed by atoms with Crippen LogP contribution in [-0.2, 0) is 17.1 Å². The van der Waals surface area contributed by atoms with E-state index in [-0.39, 0.29) is 16.1 Å². The second-order valence-corrected chi connectivity index (χ2v) is 12.9. The summed E-state index contributed by atoms with van der Waals surface area (Å²) in [6, 6.07) is 11.2. The number of aryl methyl sites for hydroxylation is 2. The molecule has 0 bridgehead atoms. The maximum Gasteiger partial charge on any atom is 0.123 e. The Morgan fingerprint density at radius 2 is 1.47 bits per heavy atom. The Labute approximate surface area is 186 Å². The Balaban J connectivity index is 2.52. The minimum Gasteiger partial charge on any atom is -0.507 e. The van der Waals surface area contributed by atoms with Crippen LogP contribution in [0, 0.1) is 13.8 Å². The van der Waals surface area contributed by atoms with Gasteiger partial charge in [-0.1, -0.05) is 84.7 Å². The minimum atomic E-state index is -0.109. The Morgan fingerprint density at radius 1 is 0.867 bits per heavy atom. The van der Waals surface area contributed by atoms with Crippen molar-refractivity contribution >= 4 is 13.9 Å². The molecule has 2 aromatic carbocycles.